The molecule has 1 atom stereocenters. The van der Waals surface area contributed by atoms with E-state index in [2.05, 4.69) is 22.0 Å². The third-order valence-corrected chi connectivity index (χ3v) is 4.38. The maximum atomic E-state index is 12.4. The summed E-state index contributed by atoms with van der Waals surface area (Å²) in [5, 5.41) is 9.25. The average Bonchev–Trinajstić information content (AvgIpc) is 2.96. The van der Waals surface area contributed by atoms with Crippen molar-refractivity contribution in [3.63, 3.8) is 0 Å². The number of rotatable bonds is 2. The molecular weight excluding hydrogens is 294 g/mol. The van der Waals surface area contributed by atoms with Crippen molar-refractivity contribution in [2.45, 2.75) is 19.6 Å². The molecule has 0 amide bonds. The molecule has 4 rings (SSSR count). The second-order valence-corrected chi connectivity index (χ2v) is 6.05. The normalized spacial score (nSPS) is 19.7. The van der Waals surface area contributed by atoms with Crippen molar-refractivity contribution < 1.29 is 4.74 Å². The first-order valence-corrected chi connectivity index (χ1v) is 7.81. The predicted molar refractivity (Wildman–Crippen MR) is 86.4 cm³/mol. The summed E-state index contributed by atoms with van der Waals surface area (Å²) in [7, 11) is 1.74. The van der Waals surface area contributed by atoms with Gasteiger partial charge in [0.25, 0.3) is 5.56 Å². The molecule has 1 aromatic carbocycles. The van der Waals surface area contributed by atoms with Gasteiger partial charge in [0, 0.05) is 20.1 Å². The monoisotopic (exact) mass is 313 g/mol. The molecule has 120 valence electrons. The molecular formula is C16H19N5O2. The minimum absolute atomic E-state index is 0.0490. The van der Waals surface area contributed by atoms with Crippen molar-refractivity contribution in [1.29, 1.82) is 0 Å². The molecule has 1 saturated heterocycles. The van der Waals surface area contributed by atoms with E-state index in [1.54, 1.807) is 11.6 Å². The van der Waals surface area contributed by atoms with Crippen LogP contribution in [0.4, 0.5) is 0 Å². The van der Waals surface area contributed by atoms with Crippen LogP contribution in [-0.4, -0.2) is 49.9 Å². The molecule has 7 heteroatoms. The van der Waals surface area contributed by atoms with Crippen molar-refractivity contribution in [3.8, 4) is 0 Å². The molecule has 1 fully saturated rings. The Kier molecular flexibility index (Phi) is 3.39. The number of aryl methyl sites for hydroxylation is 1. The second kappa shape index (κ2) is 5.43. The van der Waals surface area contributed by atoms with Crippen LogP contribution < -0.4 is 5.56 Å². The lowest BCUT2D eigenvalue weighted by Gasteiger charge is -2.30. The Morgan fingerprint density at radius 2 is 2.13 bits per heavy atom. The van der Waals surface area contributed by atoms with Gasteiger partial charge in [-0.25, -0.2) is 0 Å². The summed E-state index contributed by atoms with van der Waals surface area (Å²) in [6.07, 6.45) is 0.226. The summed E-state index contributed by atoms with van der Waals surface area (Å²) in [4.78, 5) is 14.7. The molecule has 23 heavy (non-hydrogen) atoms. The largest absolute Gasteiger partial charge is 0.376 e. The summed E-state index contributed by atoms with van der Waals surface area (Å²) in [5.74, 6) is 1.42. The van der Waals surface area contributed by atoms with Gasteiger partial charge in [0.15, 0.2) is 5.82 Å². The van der Waals surface area contributed by atoms with Crippen molar-refractivity contribution in [1.82, 2.24) is 24.1 Å². The molecule has 1 aliphatic heterocycles. The number of fused-ring (bicyclic) bond motifs is 3. The third kappa shape index (κ3) is 2.32. The van der Waals surface area contributed by atoms with Crippen molar-refractivity contribution in [2.75, 3.05) is 19.7 Å². The zero-order valence-corrected chi connectivity index (χ0v) is 13.3. The van der Waals surface area contributed by atoms with E-state index in [4.69, 9.17) is 4.74 Å². The van der Waals surface area contributed by atoms with Crippen LogP contribution in [0.15, 0.2) is 29.1 Å². The molecule has 0 spiro atoms. The number of ether oxygens (including phenoxy) is 1. The van der Waals surface area contributed by atoms with Gasteiger partial charge in [0.05, 0.1) is 30.2 Å². The zero-order chi connectivity index (χ0) is 16.0. The number of hydrogen-bond donors (Lipinski definition) is 0. The maximum Gasteiger partial charge on any atom is 0.262 e. The van der Waals surface area contributed by atoms with Crippen molar-refractivity contribution >= 4 is 16.7 Å². The van der Waals surface area contributed by atoms with E-state index in [0.29, 0.717) is 17.7 Å². The Morgan fingerprint density at radius 3 is 2.96 bits per heavy atom. The topological polar surface area (TPSA) is 64.7 Å². The summed E-state index contributed by atoms with van der Waals surface area (Å²) < 4.78 is 9.13. The van der Waals surface area contributed by atoms with Gasteiger partial charge in [-0.15, -0.1) is 10.2 Å². The van der Waals surface area contributed by atoms with Crippen molar-refractivity contribution in [3.05, 3.63) is 40.4 Å². The zero-order valence-electron chi connectivity index (χ0n) is 13.3. The highest BCUT2D eigenvalue weighted by Gasteiger charge is 2.20. The van der Waals surface area contributed by atoms with Crippen LogP contribution in [0.3, 0.4) is 0 Å². The molecule has 0 aliphatic carbocycles. The van der Waals surface area contributed by atoms with E-state index in [-0.39, 0.29) is 11.7 Å². The minimum Gasteiger partial charge on any atom is -0.376 e. The lowest BCUT2D eigenvalue weighted by atomic mass is 10.2. The van der Waals surface area contributed by atoms with E-state index in [1.807, 2.05) is 28.7 Å². The molecule has 2 aromatic heterocycles. The number of benzene rings is 1. The smallest absolute Gasteiger partial charge is 0.262 e. The Labute approximate surface area is 133 Å². The predicted octanol–water partition coefficient (Wildman–Crippen LogP) is 0.802. The molecule has 3 heterocycles. The fourth-order valence-electron chi connectivity index (χ4n) is 3.23. The first-order valence-electron chi connectivity index (χ1n) is 7.81. The highest BCUT2D eigenvalue weighted by atomic mass is 16.5. The Balaban J connectivity index is 1.87. The SMILES string of the molecule is CC1CN(Cc2nnc3n(C)c(=O)c4ccccc4n23)CCO1. The quantitative estimate of drug-likeness (QED) is 0.700. The first-order chi connectivity index (χ1) is 11.1. The minimum atomic E-state index is -0.0490. The van der Waals surface area contributed by atoms with Crippen LogP contribution >= 0.6 is 0 Å². The second-order valence-electron chi connectivity index (χ2n) is 6.05. The van der Waals surface area contributed by atoms with Gasteiger partial charge in [0.1, 0.15) is 0 Å². The van der Waals surface area contributed by atoms with E-state index in [1.165, 1.54) is 0 Å². The van der Waals surface area contributed by atoms with Crippen LogP contribution in [0.25, 0.3) is 16.7 Å². The molecule has 1 unspecified atom stereocenters. The van der Waals surface area contributed by atoms with Crippen LogP contribution in [0, 0.1) is 0 Å². The van der Waals surface area contributed by atoms with E-state index in [0.717, 1.165) is 31.0 Å². The van der Waals surface area contributed by atoms with Gasteiger partial charge < -0.3 is 4.74 Å². The van der Waals surface area contributed by atoms with Gasteiger partial charge in [-0.05, 0) is 19.1 Å². The van der Waals surface area contributed by atoms with Crippen LogP contribution in [0.1, 0.15) is 12.7 Å². The summed E-state index contributed by atoms with van der Waals surface area (Å²) >= 11 is 0. The Morgan fingerprint density at radius 1 is 1.30 bits per heavy atom. The van der Waals surface area contributed by atoms with Crippen LogP contribution in [-0.2, 0) is 18.3 Å². The summed E-state index contributed by atoms with van der Waals surface area (Å²) in [5.41, 5.74) is 0.805. The lowest BCUT2D eigenvalue weighted by Crippen LogP contribution is -2.40. The summed E-state index contributed by atoms with van der Waals surface area (Å²) in [6.45, 7) is 5.25. The Hall–Kier alpha value is -2.25. The highest BCUT2D eigenvalue weighted by Crippen LogP contribution is 2.16. The van der Waals surface area contributed by atoms with Gasteiger partial charge in [-0.2, -0.15) is 0 Å². The number of para-hydroxylation sites is 1. The molecule has 0 radical (unpaired) electrons. The fraction of sp³-hybridized carbons (Fsp3) is 0.438. The fourth-order valence-corrected chi connectivity index (χ4v) is 3.23. The van der Waals surface area contributed by atoms with E-state index in [9.17, 15) is 4.79 Å². The molecule has 7 nitrogen and oxygen atoms in total. The molecule has 0 N–H and O–H groups in total. The Bertz CT molecular complexity index is 929. The van der Waals surface area contributed by atoms with E-state index >= 15 is 0 Å². The average molecular weight is 313 g/mol. The van der Waals surface area contributed by atoms with Gasteiger partial charge in [-0.1, -0.05) is 12.1 Å². The molecule has 3 aromatic rings. The molecule has 1 aliphatic rings. The van der Waals surface area contributed by atoms with Crippen molar-refractivity contribution in [2.24, 2.45) is 7.05 Å². The number of morpholine rings is 1. The lowest BCUT2D eigenvalue weighted by molar-refractivity contribution is -0.0220. The number of aromatic nitrogens is 4. The van der Waals surface area contributed by atoms with E-state index < -0.39 is 0 Å². The van der Waals surface area contributed by atoms with Crippen LogP contribution in [0.2, 0.25) is 0 Å². The van der Waals surface area contributed by atoms with Gasteiger partial charge in [0.2, 0.25) is 5.78 Å². The molecule has 0 bridgehead atoms. The molecule has 0 saturated carbocycles. The van der Waals surface area contributed by atoms with Gasteiger partial charge >= 0.3 is 0 Å². The standard InChI is InChI=1S/C16H19N5O2/c1-11-9-20(7-8-23-11)10-14-17-18-16-19(2)15(22)12-5-3-4-6-13(12)21(14)16/h3-6,11H,7-10H2,1-2H3. The maximum absolute atomic E-state index is 12.4. The number of nitrogens with zero attached hydrogens (tertiary/aromatic N) is 5. The van der Waals surface area contributed by atoms with Crippen LogP contribution in [0.5, 0.6) is 0 Å². The third-order valence-electron chi connectivity index (χ3n) is 4.38. The highest BCUT2D eigenvalue weighted by molar-refractivity contribution is 5.80. The van der Waals surface area contributed by atoms with Gasteiger partial charge in [-0.3, -0.25) is 18.7 Å². The summed E-state index contributed by atoms with van der Waals surface area (Å²) in [6, 6.07) is 7.60. The number of hydrogen-bond acceptors (Lipinski definition) is 5. The first kappa shape index (κ1) is 14.3.